The van der Waals surface area contributed by atoms with Crippen LogP contribution in [0.4, 0.5) is 9.59 Å². The van der Waals surface area contributed by atoms with Crippen LogP contribution in [0.1, 0.15) is 92.9 Å². The van der Waals surface area contributed by atoms with Crippen LogP contribution in [0.3, 0.4) is 0 Å². The molecular formula is C34H54O8. The molecule has 0 saturated heterocycles. The average molecular weight is 591 g/mol. The quantitative estimate of drug-likeness (QED) is 0.188. The molecule has 4 aliphatic carbocycles. The number of fused-ring (bicyclic) bond motifs is 5. The van der Waals surface area contributed by atoms with Crippen molar-refractivity contribution < 1.29 is 38.0 Å². The van der Waals surface area contributed by atoms with Crippen LogP contribution in [-0.4, -0.2) is 58.2 Å². The van der Waals surface area contributed by atoms with E-state index < -0.39 is 24.5 Å². The lowest BCUT2D eigenvalue weighted by molar-refractivity contribution is -0.119. The predicted molar refractivity (Wildman–Crippen MR) is 160 cm³/mol. The fourth-order valence-electron chi connectivity index (χ4n) is 9.04. The number of carbonyl (C=O) groups excluding carboxylic acids is 2. The molecule has 3 fully saturated rings. The third kappa shape index (κ3) is 6.26. The Bertz CT molecular complexity index is 1050. The summed E-state index contributed by atoms with van der Waals surface area (Å²) >= 11 is 0. The second kappa shape index (κ2) is 12.9. The normalized spacial score (nSPS) is 35.4. The van der Waals surface area contributed by atoms with Crippen LogP contribution in [0.15, 0.2) is 23.3 Å². The monoisotopic (exact) mass is 590 g/mol. The second-order valence-electron chi connectivity index (χ2n) is 14.4. The maximum atomic E-state index is 12.4. The highest BCUT2D eigenvalue weighted by atomic mass is 16.7. The molecule has 4 rings (SSSR count). The van der Waals surface area contributed by atoms with Crippen molar-refractivity contribution in [1.29, 1.82) is 0 Å². The van der Waals surface area contributed by atoms with E-state index in [1.165, 1.54) is 38.2 Å². The maximum Gasteiger partial charge on any atom is 0.508 e. The molecule has 0 N–H and O–H groups in total. The van der Waals surface area contributed by atoms with Gasteiger partial charge in [0.05, 0.1) is 19.8 Å². The van der Waals surface area contributed by atoms with E-state index in [1.807, 2.05) is 0 Å². The molecule has 0 radical (unpaired) electrons. The Morgan fingerprint density at radius 3 is 2.33 bits per heavy atom. The Morgan fingerprint density at radius 2 is 1.67 bits per heavy atom. The first-order valence-corrected chi connectivity index (χ1v) is 15.8. The summed E-state index contributed by atoms with van der Waals surface area (Å²) in [6.45, 7) is 14.3. The Morgan fingerprint density at radius 1 is 0.976 bits per heavy atom. The van der Waals surface area contributed by atoms with E-state index in [0.717, 1.165) is 25.7 Å². The van der Waals surface area contributed by atoms with Crippen molar-refractivity contribution in [2.24, 2.45) is 40.4 Å². The summed E-state index contributed by atoms with van der Waals surface area (Å²) in [6.07, 6.45) is 10.1. The summed E-state index contributed by atoms with van der Waals surface area (Å²) < 4.78 is 32.2. The lowest BCUT2D eigenvalue weighted by Gasteiger charge is -2.57. The first-order valence-electron chi connectivity index (χ1n) is 15.8. The molecule has 0 amide bonds. The van der Waals surface area contributed by atoms with Gasteiger partial charge in [0.15, 0.2) is 0 Å². The molecule has 0 heterocycles. The fourth-order valence-corrected chi connectivity index (χ4v) is 9.04. The Labute approximate surface area is 252 Å². The van der Waals surface area contributed by atoms with Crippen molar-refractivity contribution in [1.82, 2.24) is 0 Å². The molecule has 4 aliphatic rings. The largest absolute Gasteiger partial charge is 0.508 e. The molecule has 3 saturated carbocycles. The lowest BCUT2D eigenvalue weighted by atomic mass is 9.49. The van der Waals surface area contributed by atoms with E-state index in [4.69, 9.17) is 28.4 Å². The van der Waals surface area contributed by atoms with Gasteiger partial charge in [-0.25, -0.2) is 9.59 Å². The predicted octanol–water partition coefficient (Wildman–Crippen LogP) is 7.85. The zero-order chi connectivity index (χ0) is 30.9. The first-order chi connectivity index (χ1) is 19.8. The van der Waals surface area contributed by atoms with E-state index in [2.05, 4.69) is 53.7 Å². The summed E-state index contributed by atoms with van der Waals surface area (Å²) in [7, 11) is 4.31. The molecule has 9 atom stereocenters. The first kappa shape index (κ1) is 32.8. The van der Waals surface area contributed by atoms with Gasteiger partial charge in [0.1, 0.15) is 19.0 Å². The number of carbonyl (C=O) groups is 2. The molecule has 1 unspecified atom stereocenters. The number of hydrogen-bond donors (Lipinski definition) is 0. The number of methoxy groups -OCH3 is 3. The third-order valence-corrected chi connectivity index (χ3v) is 11.8. The number of hydrogen-bond acceptors (Lipinski definition) is 8. The molecule has 42 heavy (non-hydrogen) atoms. The van der Waals surface area contributed by atoms with Crippen molar-refractivity contribution in [3.8, 4) is 0 Å². The Balaban J connectivity index is 1.54. The number of allylic oxidation sites excluding steroid dienone is 3. The topological polar surface area (TPSA) is 89.5 Å². The van der Waals surface area contributed by atoms with Gasteiger partial charge in [-0.05, 0) is 87.4 Å². The summed E-state index contributed by atoms with van der Waals surface area (Å²) in [5.74, 6) is 2.65. The smallest absolute Gasteiger partial charge is 0.438 e. The molecule has 238 valence electrons. The van der Waals surface area contributed by atoms with Crippen molar-refractivity contribution in [3.63, 3.8) is 0 Å². The van der Waals surface area contributed by atoms with E-state index in [0.29, 0.717) is 43.3 Å². The average Bonchev–Trinajstić information content (AvgIpc) is 3.32. The van der Waals surface area contributed by atoms with Gasteiger partial charge in [-0.15, -0.1) is 0 Å². The zero-order valence-electron chi connectivity index (χ0n) is 27.3. The van der Waals surface area contributed by atoms with Crippen LogP contribution in [0.5, 0.6) is 0 Å². The van der Waals surface area contributed by atoms with E-state index >= 15 is 0 Å². The van der Waals surface area contributed by atoms with E-state index in [-0.39, 0.29) is 22.3 Å². The van der Waals surface area contributed by atoms with Gasteiger partial charge in [0, 0.05) is 25.4 Å². The highest BCUT2D eigenvalue weighted by Crippen LogP contribution is 2.66. The summed E-state index contributed by atoms with van der Waals surface area (Å²) in [6, 6.07) is 0. The summed E-state index contributed by atoms with van der Waals surface area (Å²) in [5.41, 5.74) is 2.35. The molecule has 0 aromatic heterocycles. The minimum Gasteiger partial charge on any atom is -0.438 e. The molecule has 0 bridgehead atoms. The van der Waals surface area contributed by atoms with Gasteiger partial charge >= 0.3 is 12.3 Å². The van der Waals surface area contributed by atoms with Gasteiger partial charge in [0.25, 0.3) is 0 Å². The molecule has 0 spiro atoms. The Hall–Kier alpha value is -2.06. The van der Waals surface area contributed by atoms with Crippen LogP contribution in [0.25, 0.3) is 0 Å². The van der Waals surface area contributed by atoms with Crippen molar-refractivity contribution in [3.05, 3.63) is 23.3 Å². The molecule has 8 nitrogen and oxygen atoms in total. The van der Waals surface area contributed by atoms with Crippen LogP contribution >= 0.6 is 0 Å². The van der Waals surface area contributed by atoms with Gasteiger partial charge in [0.2, 0.25) is 0 Å². The molecule has 0 aromatic carbocycles. The van der Waals surface area contributed by atoms with Gasteiger partial charge in [-0.3, -0.25) is 0 Å². The SMILES string of the molecule is COCOC(C)(C)CCC(C)[C@H](C)[C@H]1CC[C@H]2C3=CC=C4C[C@@H](OC(=O)OC)C[C@H](OC(=O)OC)[C@]4(C)[C@H]3CC[C@]12C. The van der Waals surface area contributed by atoms with E-state index in [9.17, 15) is 9.59 Å². The van der Waals surface area contributed by atoms with Crippen LogP contribution in [0, 0.1) is 40.4 Å². The van der Waals surface area contributed by atoms with Crippen LogP contribution in [0.2, 0.25) is 0 Å². The van der Waals surface area contributed by atoms with E-state index in [1.54, 1.807) is 7.11 Å². The minimum atomic E-state index is -0.715. The minimum absolute atomic E-state index is 0.194. The zero-order valence-corrected chi connectivity index (χ0v) is 27.3. The standard InChI is InChI=1S/C34H54O8/c1-21(14-16-32(3,4)40-20-37-7)22(2)26-12-13-27-25-11-10-23-18-24(41-30(35)38-8)19-29(42-31(36)39-9)34(23,6)28(25)15-17-33(26,27)5/h10-11,21-22,24,26-29H,12-20H2,1-9H3/t21?,22-,24+,26+,27-,28-,29-,33+,34-/m0/s1. The Kier molecular flexibility index (Phi) is 10.1. The lowest BCUT2D eigenvalue weighted by Crippen LogP contribution is -2.54. The molecule has 8 heteroatoms. The molecule has 0 aliphatic heterocycles. The highest BCUT2D eigenvalue weighted by molar-refractivity contribution is 5.61. The van der Waals surface area contributed by atoms with Crippen molar-refractivity contribution in [2.75, 3.05) is 28.1 Å². The van der Waals surface area contributed by atoms with Gasteiger partial charge in [-0.2, -0.15) is 0 Å². The highest BCUT2D eigenvalue weighted by Gasteiger charge is 2.60. The second-order valence-corrected chi connectivity index (χ2v) is 14.4. The maximum absolute atomic E-state index is 12.4. The molecular weight excluding hydrogens is 536 g/mol. The van der Waals surface area contributed by atoms with Gasteiger partial charge in [-0.1, -0.05) is 51.0 Å². The number of ether oxygens (including phenoxy) is 6. The van der Waals surface area contributed by atoms with Crippen molar-refractivity contribution in [2.45, 2.75) is 111 Å². The summed E-state index contributed by atoms with van der Waals surface area (Å²) in [5, 5.41) is 0. The van der Waals surface area contributed by atoms with Gasteiger partial charge < -0.3 is 28.4 Å². The third-order valence-electron chi connectivity index (χ3n) is 11.8. The van der Waals surface area contributed by atoms with Crippen LogP contribution in [-0.2, 0) is 28.4 Å². The van der Waals surface area contributed by atoms with Crippen molar-refractivity contribution >= 4 is 12.3 Å². The van der Waals surface area contributed by atoms with Crippen LogP contribution < -0.4 is 0 Å². The fraction of sp³-hybridized carbons (Fsp3) is 0.824. The molecule has 0 aromatic rings. The summed E-state index contributed by atoms with van der Waals surface area (Å²) in [4.78, 5) is 24.3. The number of rotatable bonds is 10.